The van der Waals surface area contributed by atoms with Crippen LogP contribution in [0.25, 0.3) is 11.1 Å². The Morgan fingerprint density at radius 1 is 0.886 bits per heavy atom. The maximum absolute atomic E-state index is 13.0. The van der Waals surface area contributed by atoms with Crippen LogP contribution in [0.15, 0.2) is 65.8 Å². The van der Waals surface area contributed by atoms with Crippen molar-refractivity contribution in [1.29, 1.82) is 0 Å². The maximum atomic E-state index is 13.0. The SMILES string of the molecule is Cc1cc(OC(C)C)c(Nc2ncc(C)c(Nc3ccccc3S(=O)(=O)C(C)C)n2)cc1-c1ccc(N2CCOCC2)nc1. The van der Waals surface area contributed by atoms with Crippen molar-refractivity contribution in [3.05, 3.63) is 72.1 Å². The molecule has 0 spiro atoms. The topological polar surface area (TPSA) is 119 Å². The number of nitrogens with one attached hydrogen (secondary N) is 2. The largest absolute Gasteiger partial charge is 0.489 e. The van der Waals surface area contributed by atoms with E-state index < -0.39 is 15.1 Å². The lowest BCUT2D eigenvalue weighted by Gasteiger charge is -2.27. The Bertz CT molecular complexity index is 1720. The number of benzene rings is 2. The molecule has 0 unspecified atom stereocenters. The zero-order valence-electron chi connectivity index (χ0n) is 26.1. The van der Waals surface area contributed by atoms with Crippen molar-refractivity contribution in [3.63, 3.8) is 0 Å². The summed E-state index contributed by atoms with van der Waals surface area (Å²) >= 11 is 0. The van der Waals surface area contributed by atoms with E-state index in [-0.39, 0.29) is 11.0 Å². The van der Waals surface area contributed by atoms with Gasteiger partial charge in [-0.25, -0.2) is 18.4 Å². The first-order valence-corrected chi connectivity index (χ1v) is 16.4. The molecular formula is C33H40N6O4S. The summed E-state index contributed by atoms with van der Waals surface area (Å²) in [7, 11) is -3.51. The van der Waals surface area contributed by atoms with Crippen molar-refractivity contribution in [3.8, 4) is 16.9 Å². The third-order valence-electron chi connectivity index (χ3n) is 7.37. The molecule has 2 N–H and O–H groups in total. The highest BCUT2D eigenvalue weighted by Gasteiger charge is 2.23. The molecule has 1 saturated heterocycles. The lowest BCUT2D eigenvalue weighted by molar-refractivity contribution is 0.122. The molecule has 2 aromatic carbocycles. The van der Waals surface area contributed by atoms with Crippen molar-refractivity contribution in [2.75, 3.05) is 41.8 Å². The minimum atomic E-state index is -3.51. The number of hydrogen-bond donors (Lipinski definition) is 2. The number of aromatic nitrogens is 3. The van der Waals surface area contributed by atoms with Gasteiger partial charge in [-0.05, 0) is 89.1 Å². The Kier molecular flexibility index (Phi) is 9.36. The van der Waals surface area contributed by atoms with Crippen molar-refractivity contribution >= 4 is 38.8 Å². The van der Waals surface area contributed by atoms with E-state index in [2.05, 4.69) is 33.5 Å². The van der Waals surface area contributed by atoms with Crippen molar-refractivity contribution < 1.29 is 17.9 Å². The van der Waals surface area contributed by atoms with E-state index in [1.807, 2.05) is 45.2 Å². The van der Waals surface area contributed by atoms with Gasteiger partial charge in [-0.3, -0.25) is 0 Å². The number of morpholine rings is 1. The number of para-hydroxylation sites is 1. The lowest BCUT2D eigenvalue weighted by Crippen LogP contribution is -2.36. The molecule has 2 aromatic heterocycles. The Labute approximate surface area is 259 Å². The maximum Gasteiger partial charge on any atom is 0.229 e. The molecule has 0 radical (unpaired) electrons. The Hall–Kier alpha value is -4.22. The molecular weight excluding hydrogens is 576 g/mol. The third-order valence-corrected chi connectivity index (χ3v) is 9.58. The molecule has 10 nitrogen and oxygen atoms in total. The molecule has 0 saturated carbocycles. The normalized spacial score (nSPS) is 13.8. The summed E-state index contributed by atoms with van der Waals surface area (Å²) in [6.45, 7) is 14.3. The predicted octanol–water partition coefficient (Wildman–Crippen LogP) is 6.45. The highest BCUT2D eigenvalue weighted by Crippen LogP contribution is 2.37. The molecule has 0 aliphatic carbocycles. The van der Waals surface area contributed by atoms with Crippen LogP contribution < -0.4 is 20.3 Å². The zero-order valence-corrected chi connectivity index (χ0v) is 26.9. The smallest absolute Gasteiger partial charge is 0.229 e. The molecule has 44 heavy (non-hydrogen) atoms. The summed E-state index contributed by atoms with van der Waals surface area (Å²) in [4.78, 5) is 16.4. The van der Waals surface area contributed by atoms with Crippen LogP contribution in [0.3, 0.4) is 0 Å². The second-order valence-electron chi connectivity index (χ2n) is 11.4. The number of pyridine rings is 1. The minimum absolute atomic E-state index is 0.0501. The highest BCUT2D eigenvalue weighted by atomic mass is 32.2. The second-order valence-corrected chi connectivity index (χ2v) is 13.9. The monoisotopic (exact) mass is 616 g/mol. The molecule has 232 valence electrons. The molecule has 0 bridgehead atoms. The second kappa shape index (κ2) is 13.2. The average Bonchev–Trinajstić information content (AvgIpc) is 3.00. The summed E-state index contributed by atoms with van der Waals surface area (Å²) in [6, 6.07) is 15.0. The molecule has 0 atom stereocenters. The summed E-state index contributed by atoms with van der Waals surface area (Å²) in [6.07, 6.45) is 3.54. The summed E-state index contributed by atoms with van der Waals surface area (Å²) in [5.74, 6) is 2.44. The van der Waals surface area contributed by atoms with Crippen LogP contribution in [0, 0.1) is 13.8 Å². The molecule has 1 aliphatic heterocycles. The van der Waals surface area contributed by atoms with Gasteiger partial charge in [0.15, 0.2) is 9.84 Å². The first-order chi connectivity index (χ1) is 21.0. The number of hydrogen-bond acceptors (Lipinski definition) is 10. The highest BCUT2D eigenvalue weighted by molar-refractivity contribution is 7.92. The molecule has 1 aliphatic rings. The fourth-order valence-corrected chi connectivity index (χ4v) is 6.12. The van der Waals surface area contributed by atoms with Crippen LogP contribution in [0.1, 0.15) is 38.8 Å². The van der Waals surface area contributed by atoms with Gasteiger partial charge < -0.3 is 25.0 Å². The Balaban J connectivity index is 1.47. The summed E-state index contributed by atoms with van der Waals surface area (Å²) in [5, 5.41) is 6.02. The lowest BCUT2D eigenvalue weighted by atomic mass is 10.0. The van der Waals surface area contributed by atoms with Gasteiger partial charge in [0.25, 0.3) is 0 Å². The van der Waals surface area contributed by atoms with Gasteiger partial charge in [0.2, 0.25) is 5.95 Å². The molecule has 3 heterocycles. The number of aryl methyl sites for hydroxylation is 2. The van der Waals surface area contributed by atoms with Crippen LogP contribution in [-0.2, 0) is 14.6 Å². The zero-order chi connectivity index (χ0) is 31.4. The molecule has 11 heteroatoms. The van der Waals surface area contributed by atoms with E-state index in [1.165, 1.54) is 0 Å². The summed E-state index contributed by atoms with van der Waals surface area (Å²) in [5.41, 5.74) is 4.96. The molecule has 0 amide bonds. The van der Waals surface area contributed by atoms with Crippen molar-refractivity contribution in [1.82, 2.24) is 15.0 Å². The van der Waals surface area contributed by atoms with Gasteiger partial charge >= 0.3 is 0 Å². The summed E-state index contributed by atoms with van der Waals surface area (Å²) < 4.78 is 37.7. The predicted molar refractivity (Wildman–Crippen MR) is 175 cm³/mol. The Morgan fingerprint density at radius 3 is 2.32 bits per heavy atom. The first-order valence-electron chi connectivity index (χ1n) is 14.8. The van der Waals surface area contributed by atoms with Gasteiger partial charge in [0.1, 0.15) is 17.4 Å². The average molecular weight is 617 g/mol. The van der Waals surface area contributed by atoms with Crippen LogP contribution in [0.4, 0.5) is 29.0 Å². The van der Waals surface area contributed by atoms with E-state index in [0.29, 0.717) is 42.1 Å². The van der Waals surface area contributed by atoms with Crippen LogP contribution >= 0.6 is 0 Å². The van der Waals surface area contributed by atoms with E-state index >= 15 is 0 Å². The molecule has 4 aromatic rings. The van der Waals surface area contributed by atoms with Crippen LogP contribution in [0.2, 0.25) is 0 Å². The third kappa shape index (κ3) is 6.95. The van der Waals surface area contributed by atoms with Gasteiger partial charge in [-0.15, -0.1) is 0 Å². The van der Waals surface area contributed by atoms with E-state index in [0.717, 1.165) is 41.2 Å². The quantitative estimate of drug-likeness (QED) is 0.206. The van der Waals surface area contributed by atoms with Crippen molar-refractivity contribution in [2.45, 2.75) is 57.8 Å². The van der Waals surface area contributed by atoms with Crippen molar-refractivity contribution in [2.24, 2.45) is 0 Å². The number of ether oxygens (including phenoxy) is 2. The standard InChI is InChI=1S/C33H40N6O4S/c1-21(2)43-29-17-23(5)26(25-11-12-31(34-20-25)39-13-15-42-16-14-39)18-28(29)37-33-35-19-24(6)32(38-33)36-27-9-7-8-10-30(27)44(40,41)22(3)4/h7-12,17-22H,13-16H2,1-6H3,(H2,35,36,37,38). The Morgan fingerprint density at radius 2 is 1.64 bits per heavy atom. The fraction of sp³-hybridized carbons (Fsp3) is 0.364. The number of rotatable bonds is 10. The van der Waals surface area contributed by atoms with Gasteiger partial charge in [-0.1, -0.05) is 12.1 Å². The van der Waals surface area contributed by atoms with Gasteiger partial charge in [0, 0.05) is 36.6 Å². The number of anilines is 5. The molecule has 1 fully saturated rings. The minimum Gasteiger partial charge on any atom is -0.489 e. The van der Waals surface area contributed by atoms with E-state index in [9.17, 15) is 8.42 Å². The van der Waals surface area contributed by atoms with Gasteiger partial charge in [0.05, 0.1) is 40.8 Å². The fourth-order valence-electron chi connectivity index (χ4n) is 4.92. The van der Waals surface area contributed by atoms with E-state index in [1.54, 1.807) is 44.3 Å². The van der Waals surface area contributed by atoms with Crippen LogP contribution in [0.5, 0.6) is 5.75 Å². The van der Waals surface area contributed by atoms with E-state index in [4.69, 9.17) is 19.4 Å². The number of sulfone groups is 1. The number of nitrogens with zero attached hydrogens (tertiary/aromatic N) is 4. The molecule has 5 rings (SSSR count). The first kappa shape index (κ1) is 31.2. The van der Waals surface area contributed by atoms with Gasteiger partial charge in [-0.2, -0.15) is 4.98 Å². The van der Waals surface area contributed by atoms with Crippen LogP contribution in [-0.4, -0.2) is 61.0 Å².